The maximum atomic E-state index is 13.2. The number of pyridine rings is 1. The molecule has 3 N–H and O–H groups in total. The molecule has 2 aromatic carbocycles. The van der Waals surface area contributed by atoms with Crippen molar-refractivity contribution in [2.24, 2.45) is 5.10 Å². The molecule has 0 bridgehead atoms. The first-order chi connectivity index (χ1) is 20.4. The molecule has 11 heteroatoms. The summed E-state index contributed by atoms with van der Waals surface area (Å²) in [5, 5.41) is 9.98. The molecule has 1 saturated heterocycles. The molecule has 3 heterocycles. The number of benzene rings is 2. The molecular formula is C31H38N6O5. The van der Waals surface area contributed by atoms with E-state index in [0.29, 0.717) is 68.1 Å². The van der Waals surface area contributed by atoms with Gasteiger partial charge in [0.05, 0.1) is 51.1 Å². The van der Waals surface area contributed by atoms with Crippen LogP contribution in [0, 0.1) is 6.92 Å². The van der Waals surface area contributed by atoms with E-state index in [1.165, 1.54) is 0 Å². The summed E-state index contributed by atoms with van der Waals surface area (Å²) >= 11 is 0. The average Bonchev–Trinajstić information content (AvgIpc) is 3.47. The van der Waals surface area contributed by atoms with Crippen molar-refractivity contribution in [3.05, 3.63) is 65.2 Å². The van der Waals surface area contributed by atoms with Crippen LogP contribution in [0.2, 0.25) is 0 Å². The summed E-state index contributed by atoms with van der Waals surface area (Å²) < 4.78 is 22.0. The second-order valence-corrected chi connectivity index (χ2v) is 10.1. The van der Waals surface area contributed by atoms with Gasteiger partial charge in [-0.2, -0.15) is 5.10 Å². The Balaban J connectivity index is 1.55. The Morgan fingerprint density at radius 1 is 1.12 bits per heavy atom. The molecule has 0 radical (unpaired) electrons. The van der Waals surface area contributed by atoms with Crippen LogP contribution in [0.15, 0.2) is 53.6 Å². The van der Waals surface area contributed by atoms with Crippen molar-refractivity contribution in [1.82, 2.24) is 4.98 Å². The van der Waals surface area contributed by atoms with E-state index in [9.17, 15) is 4.79 Å². The Morgan fingerprint density at radius 2 is 1.93 bits per heavy atom. The fraction of sp³-hybridized carbons (Fsp3) is 0.387. The maximum absolute atomic E-state index is 13.2. The third-order valence-electron chi connectivity index (χ3n) is 7.37. The van der Waals surface area contributed by atoms with Crippen molar-refractivity contribution >= 4 is 34.7 Å². The molecule has 0 saturated carbocycles. The Hall–Kier alpha value is -4.51. The first kappa shape index (κ1) is 29.0. The molecule has 2 aliphatic heterocycles. The number of ether oxygens (including phenoxy) is 4. The SMILES string of the molecule is CCOC(=O)C1CC(c2cccc(C)c2)=NN1c1cc(N2CCOCC2)c(N)c(NCc2ccc(OC)cc2OC)n1. The van der Waals surface area contributed by atoms with Gasteiger partial charge in [0, 0.05) is 43.8 Å². The number of hydrogen-bond donors (Lipinski definition) is 2. The Morgan fingerprint density at radius 3 is 2.64 bits per heavy atom. The summed E-state index contributed by atoms with van der Waals surface area (Å²) in [5.41, 5.74) is 11.8. The summed E-state index contributed by atoms with van der Waals surface area (Å²) in [6.07, 6.45) is 0.396. The molecule has 0 spiro atoms. The zero-order chi connectivity index (χ0) is 29.6. The molecule has 1 atom stereocenters. The van der Waals surface area contributed by atoms with Crippen LogP contribution in [-0.4, -0.2) is 69.8 Å². The Kier molecular flexibility index (Phi) is 8.97. The highest BCUT2D eigenvalue weighted by molar-refractivity contribution is 6.06. The molecule has 0 amide bonds. The second-order valence-electron chi connectivity index (χ2n) is 10.1. The molecule has 0 aliphatic carbocycles. The zero-order valence-corrected chi connectivity index (χ0v) is 24.6. The number of esters is 1. The monoisotopic (exact) mass is 574 g/mol. The molecule has 42 heavy (non-hydrogen) atoms. The highest BCUT2D eigenvalue weighted by atomic mass is 16.5. The van der Waals surface area contributed by atoms with Crippen molar-refractivity contribution in [3.8, 4) is 11.5 Å². The third-order valence-corrected chi connectivity index (χ3v) is 7.37. The van der Waals surface area contributed by atoms with Crippen LogP contribution in [0.1, 0.15) is 30.0 Å². The number of nitrogen functional groups attached to an aromatic ring is 1. The first-order valence-corrected chi connectivity index (χ1v) is 14.1. The van der Waals surface area contributed by atoms with Gasteiger partial charge in [-0.25, -0.2) is 14.8 Å². The fourth-order valence-electron chi connectivity index (χ4n) is 5.17. The van der Waals surface area contributed by atoms with Gasteiger partial charge in [-0.05, 0) is 31.5 Å². The van der Waals surface area contributed by atoms with Crippen LogP contribution in [0.3, 0.4) is 0 Å². The lowest BCUT2D eigenvalue weighted by atomic mass is 10.0. The molecule has 1 unspecified atom stereocenters. The van der Waals surface area contributed by atoms with Crippen LogP contribution < -0.4 is 30.4 Å². The van der Waals surface area contributed by atoms with E-state index in [0.717, 1.165) is 28.1 Å². The molecule has 11 nitrogen and oxygen atoms in total. The summed E-state index contributed by atoms with van der Waals surface area (Å²) in [6, 6.07) is 15.0. The van der Waals surface area contributed by atoms with Crippen LogP contribution in [0.25, 0.3) is 0 Å². The summed E-state index contributed by atoms with van der Waals surface area (Å²) in [4.78, 5) is 20.3. The largest absolute Gasteiger partial charge is 0.497 e. The molecule has 2 aliphatic rings. The van der Waals surface area contributed by atoms with E-state index in [2.05, 4.69) is 16.3 Å². The lowest BCUT2D eigenvalue weighted by Crippen LogP contribution is -2.38. The number of rotatable bonds is 10. The van der Waals surface area contributed by atoms with Gasteiger partial charge < -0.3 is 34.9 Å². The number of carbonyl (C=O) groups is 1. The predicted octanol–water partition coefficient (Wildman–Crippen LogP) is 3.98. The number of methoxy groups -OCH3 is 2. The van der Waals surface area contributed by atoms with Crippen molar-refractivity contribution in [3.63, 3.8) is 0 Å². The summed E-state index contributed by atoms with van der Waals surface area (Å²) in [5.74, 6) is 2.00. The highest BCUT2D eigenvalue weighted by Crippen LogP contribution is 2.37. The quantitative estimate of drug-likeness (QED) is 0.344. The molecular weight excluding hydrogens is 536 g/mol. The van der Waals surface area contributed by atoms with Crippen molar-refractivity contribution in [2.75, 3.05) is 68.1 Å². The minimum absolute atomic E-state index is 0.271. The number of hydrazone groups is 1. The minimum atomic E-state index is -0.663. The summed E-state index contributed by atoms with van der Waals surface area (Å²) in [6.45, 7) is 7.04. The van der Waals surface area contributed by atoms with Crippen molar-refractivity contribution in [2.45, 2.75) is 32.9 Å². The zero-order valence-electron chi connectivity index (χ0n) is 24.6. The topological polar surface area (TPSA) is 124 Å². The molecule has 3 aromatic rings. The van der Waals surface area contributed by atoms with Gasteiger partial charge in [-0.15, -0.1) is 0 Å². The predicted molar refractivity (Wildman–Crippen MR) is 164 cm³/mol. The maximum Gasteiger partial charge on any atom is 0.331 e. The van der Waals surface area contributed by atoms with Crippen molar-refractivity contribution < 1.29 is 23.7 Å². The number of anilines is 4. The number of nitrogens with one attached hydrogen (secondary N) is 1. The normalized spacial score (nSPS) is 16.7. The number of nitrogens with two attached hydrogens (primary N) is 1. The van der Waals surface area contributed by atoms with E-state index >= 15 is 0 Å². The number of nitrogens with zero attached hydrogens (tertiary/aromatic N) is 4. The summed E-state index contributed by atoms with van der Waals surface area (Å²) in [7, 11) is 3.24. The van der Waals surface area contributed by atoms with Gasteiger partial charge >= 0.3 is 5.97 Å². The van der Waals surface area contributed by atoms with Crippen molar-refractivity contribution in [1.29, 1.82) is 0 Å². The Labute approximate surface area is 246 Å². The van der Waals surface area contributed by atoms with Crippen LogP contribution >= 0.6 is 0 Å². The van der Waals surface area contributed by atoms with Gasteiger partial charge in [0.15, 0.2) is 17.7 Å². The number of carbonyl (C=O) groups excluding carboxylic acids is 1. The van der Waals surface area contributed by atoms with Gasteiger partial charge in [-0.1, -0.05) is 29.8 Å². The van der Waals surface area contributed by atoms with E-state index in [4.69, 9.17) is 34.8 Å². The van der Waals surface area contributed by atoms with Gasteiger partial charge in [-0.3, -0.25) is 0 Å². The first-order valence-electron chi connectivity index (χ1n) is 14.1. The lowest BCUT2D eigenvalue weighted by molar-refractivity contribution is -0.144. The average molecular weight is 575 g/mol. The Bertz CT molecular complexity index is 1460. The highest BCUT2D eigenvalue weighted by Gasteiger charge is 2.37. The number of aryl methyl sites for hydroxylation is 1. The van der Waals surface area contributed by atoms with Gasteiger partial charge in [0.25, 0.3) is 0 Å². The van der Waals surface area contributed by atoms with Crippen LogP contribution in [-0.2, 0) is 20.8 Å². The second kappa shape index (κ2) is 13.0. The van der Waals surface area contributed by atoms with Crippen LogP contribution in [0.4, 0.5) is 23.0 Å². The van der Waals surface area contributed by atoms with E-state index < -0.39 is 6.04 Å². The van der Waals surface area contributed by atoms with E-state index in [1.807, 2.05) is 49.4 Å². The smallest absolute Gasteiger partial charge is 0.331 e. The fourth-order valence-corrected chi connectivity index (χ4v) is 5.17. The third kappa shape index (κ3) is 6.20. The standard InChI is InChI=1S/C31H38N6O5/c1-5-42-31(38)26-17-24(21-8-6-7-20(2)15-21)35-37(26)28-18-25(36-11-13-41-14-12-36)29(32)30(34-28)33-19-22-9-10-23(39-3)16-27(22)40-4/h6-10,15-16,18,26H,5,11-14,17,19,32H2,1-4H3,(H,33,34). The van der Waals surface area contributed by atoms with E-state index in [-0.39, 0.29) is 12.6 Å². The molecule has 1 fully saturated rings. The minimum Gasteiger partial charge on any atom is -0.497 e. The van der Waals surface area contributed by atoms with Gasteiger partial charge in [0.1, 0.15) is 11.5 Å². The van der Waals surface area contributed by atoms with Crippen LogP contribution in [0.5, 0.6) is 11.5 Å². The molecule has 1 aromatic heterocycles. The van der Waals surface area contributed by atoms with Gasteiger partial charge in [0.2, 0.25) is 0 Å². The van der Waals surface area contributed by atoms with E-state index in [1.54, 1.807) is 26.2 Å². The lowest BCUT2D eigenvalue weighted by Gasteiger charge is -2.31. The number of aromatic nitrogens is 1. The molecule has 5 rings (SSSR count). The molecule has 222 valence electrons. The number of morpholine rings is 1. The number of hydrogen-bond acceptors (Lipinski definition) is 11.